The van der Waals surface area contributed by atoms with E-state index in [0.717, 1.165) is 25.9 Å². The maximum Gasteiger partial charge on any atom is 0.178 e. The SMILES string of the molecule is CC1(C)CCN(CC(=O)c2cc(Cl)ccc2Cl)CC1. The summed E-state index contributed by atoms with van der Waals surface area (Å²) in [7, 11) is 0. The number of piperidine rings is 1. The Kier molecular flexibility index (Phi) is 4.54. The molecule has 4 heteroatoms. The molecule has 104 valence electrons. The Morgan fingerprint density at radius 3 is 2.53 bits per heavy atom. The van der Waals surface area contributed by atoms with Crippen LogP contribution in [0.5, 0.6) is 0 Å². The number of rotatable bonds is 3. The molecule has 1 aliphatic rings. The molecule has 1 aromatic carbocycles. The molecule has 0 saturated carbocycles. The quantitative estimate of drug-likeness (QED) is 0.776. The highest BCUT2D eigenvalue weighted by Gasteiger charge is 2.26. The Morgan fingerprint density at radius 1 is 1.26 bits per heavy atom. The molecule has 2 rings (SSSR count). The molecule has 0 amide bonds. The zero-order valence-corrected chi connectivity index (χ0v) is 12.9. The lowest BCUT2D eigenvalue weighted by atomic mass is 9.82. The van der Waals surface area contributed by atoms with Crippen molar-refractivity contribution in [1.29, 1.82) is 0 Å². The summed E-state index contributed by atoms with van der Waals surface area (Å²) >= 11 is 12.0. The van der Waals surface area contributed by atoms with Crippen LogP contribution in [-0.4, -0.2) is 30.3 Å². The summed E-state index contributed by atoms with van der Waals surface area (Å²) in [6.07, 6.45) is 2.26. The summed E-state index contributed by atoms with van der Waals surface area (Å²) in [5.41, 5.74) is 0.923. The van der Waals surface area contributed by atoms with Crippen LogP contribution in [0.15, 0.2) is 18.2 Å². The number of hydrogen-bond acceptors (Lipinski definition) is 2. The summed E-state index contributed by atoms with van der Waals surface area (Å²) < 4.78 is 0. The van der Waals surface area contributed by atoms with E-state index < -0.39 is 0 Å². The van der Waals surface area contributed by atoms with Gasteiger partial charge in [-0.25, -0.2) is 0 Å². The molecule has 2 nitrogen and oxygen atoms in total. The molecule has 0 aromatic heterocycles. The predicted octanol–water partition coefficient (Wildman–Crippen LogP) is 4.30. The number of carbonyl (C=O) groups is 1. The molecule has 0 spiro atoms. The van der Waals surface area contributed by atoms with Crippen molar-refractivity contribution in [1.82, 2.24) is 4.90 Å². The normalized spacial score (nSPS) is 19.4. The van der Waals surface area contributed by atoms with Crippen LogP contribution in [0.1, 0.15) is 37.0 Å². The first-order valence-electron chi connectivity index (χ1n) is 6.58. The van der Waals surface area contributed by atoms with E-state index in [2.05, 4.69) is 18.7 Å². The second kappa shape index (κ2) is 5.82. The number of nitrogens with zero attached hydrogens (tertiary/aromatic N) is 1. The molecular formula is C15H19Cl2NO. The van der Waals surface area contributed by atoms with Gasteiger partial charge in [-0.3, -0.25) is 9.69 Å². The zero-order valence-electron chi connectivity index (χ0n) is 11.4. The van der Waals surface area contributed by atoms with Crippen molar-refractivity contribution < 1.29 is 4.79 Å². The first-order chi connectivity index (χ1) is 8.87. The van der Waals surface area contributed by atoms with Gasteiger partial charge in [-0.15, -0.1) is 0 Å². The number of Topliss-reactive ketones (excluding diaryl/α,β-unsaturated/α-hetero) is 1. The third-order valence-electron chi connectivity index (χ3n) is 3.81. The molecule has 0 aliphatic carbocycles. The molecule has 1 fully saturated rings. The first-order valence-corrected chi connectivity index (χ1v) is 7.34. The lowest BCUT2D eigenvalue weighted by molar-refractivity contribution is 0.0845. The van der Waals surface area contributed by atoms with Gasteiger partial charge in [-0.2, -0.15) is 0 Å². The predicted molar refractivity (Wildman–Crippen MR) is 80.2 cm³/mol. The van der Waals surface area contributed by atoms with Gasteiger partial charge in [-0.1, -0.05) is 37.0 Å². The summed E-state index contributed by atoms with van der Waals surface area (Å²) in [6.45, 7) is 6.92. The fourth-order valence-electron chi connectivity index (χ4n) is 2.32. The van der Waals surface area contributed by atoms with Crippen LogP contribution in [0.25, 0.3) is 0 Å². The molecule has 0 bridgehead atoms. The van der Waals surface area contributed by atoms with Crippen molar-refractivity contribution in [2.24, 2.45) is 5.41 Å². The maximum absolute atomic E-state index is 12.3. The summed E-state index contributed by atoms with van der Waals surface area (Å²) in [6, 6.07) is 5.03. The lowest BCUT2D eigenvalue weighted by Gasteiger charge is -2.36. The van der Waals surface area contributed by atoms with Gasteiger partial charge < -0.3 is 0 Å². The minimum atomic E-state index is 0.0483. The zero-order chi connectivity index (χ0) is 14.0. The van der Waals surface area contributed by atoms with Crippen molar-refractivity contribution in [3.8, 4) is 0 Å². The molecule has 19 heavy (non-hydrogen) atoms. The van der Waals surface area contributed by atoms with Crippen molar-refractivity contribution in [2.45, 2.75) is 26.7 Å². The molecule has 1 heterocycles. The Morgan fingerprint density at radius 2 is 1.89 bits per heavy atom. The van der Waals surface area contributed by atoms with Gasteiger partial charge in [0.25, 0.3) is 0 Å². The number of likely N-dealkylation sites (tertiary alicyclic amines) is 1. The fourth-order valence-corrected chi connectivity index (χ4v) is 2.71. The molecule has 1 saturated heterocycles. The van der Waals surface area contributed by atoms with E-state index in [1.807, 2.05) is 0 Å². The third kappa shape index (κ3) is 3.95. The van der Waals surface area contributed by atoms with Crippen LogP contribution in [0.3, 0.4) is 0 Å². The van der Waals surface area contributed by atoms with Gasteiger partial charge in [0.05, 0.1) is 11.6 Å². The van der Waals surface area contributed by atoms with Crippen LogP contribution in [-0.2, 0) is 0 Å². The average molecular weight is 300 g/mol. The van der Waals surface area contributed by atoms with E-state index in [1.165, 1.54) is 0 Å². The third-order valence-corrected chi connectivity index (χ3v) is 4.37. The van der Waals surface area contributed by atoms with Crippen LogP contribution in [0.4, 0.5) is 0 Å². The van der Waals surface area contributed by atoms with E-state index in [4.69, 9.17) is 23.2 Å². The van der Waals surface area contributed by atoms with Crippen molar-refractivity contribution >= 4 is 29.0 Å². The highest BCUT2D eigenvalue weighted by Crippen LogP contribution is 2.30. The second-order valence-corrected chi connectivity index (χ2v) is 6.83. The van der Waals surface area contributed by atoms with E-state index in [1.54, 1.807) is 18.2 Å². The van der Waals surface area contributed by atoms with Crippen LogP contribution >= 0.6 is 23.2 Å². The van der Waals surface area contributed by atoms with E-state index in [9.17, 15) is 4.79 Å². The fraction of sp³-hybridized carbons (Fsp3) is 0.533. The second-order valence-electron chi connectivity index (χ2n) is 5.99. The summed E-state index contributed by atoms with van der Waals surface area (Å²) in [4.78, 5) is 14.5. The summed E-state index contributed by atoms with van der Waals surface area (Å²) in [5, 5.41) is 1.03. The van der Waals surface area contributed by atoms with Gasteiger partial charge in [0.1, 0.15) is 0 Å². The first kappa shape index (κ1) is 14.8. The Balaban J connectivity index is 2.00. The van der Waals surface area contributed by atoms with Crippen molar-refractivity contribution in [2.75, 3.05) is 19.6 Å². The standard InChI is InChI=1S/C15H19Cl2NO/c1-15(2)5-7-18(8-6-15)10-14(19)12-9-11(16)3-4-13(12)17/h3-4,9H,5-8,10H2,1-2H3. The smallest absolute Gasteiger partial charge is 0.178 e. The van der Waals surface area contributed by atoms with Crippen LogP contribution < -0.4 is 0 Å². The van der Waals surface area contributed by atoms with Gasteiger partial charge in [0, 0.05) is 10.6 Å². The summed E-state index contributed by atoms with van der Waals surface area (Å²) in [5.74, 6) is 0.0483. The van der Waals surface area contributed by atoms with E-state index in [-0.39, 0.29) is 5.78 Å². The molecule has 0 radical (unpaired) electrons. The highest BCUT2D eigenvalue weighted by molar-refractivity contribution is 6.36. The molecular weight excluding hydrogens is 281 g/mol. The molecule has 0 atom stereocenters. The van der Waals surface area contributed by atoms with Gasteiger partial charge in [0.15, 0.2) is 5.78 Å². The number of halogens is 2. The monoisotopic (exact) mass is 299 g/mol. The Labute approximate surface area is 124 Å². The number of ketones is 1. The van der Waals surface area contributed by atoms with E-state index >= 15 is 0 Å². The van der Waals surface area contributed by atoms with Gasteiger partial charge >= 0.3 is 0 Å². The minimum Gasteiger partial charge on any atom is -0.296 e. The number of benzene rings is 1. The minimum absolute atomic E-state index is 0.0483. The molecule has 0 unspecified atom stereocenters. The number of carbonyl (C=O) groups excluding carboxylic acids is 1. The Hall–Kier alpha value is -0.570. The topological polar surface area (TPSA) is 20.3 Å². The average Bonchev–Trinajstić information content (AvgIpc) is 2.35. The maximum atomic E-state index is 12.3. The lowest BCUT2D eigenvalue weighted by Crippen LogP contribution is -2.40. The highest BCUT2D eigenvalue weighted by atomic mass is 35.5. The molecule has 1 aromatic rings. The van der Waals surface area contributed by atoms with Gasteiger partial charge in [0.2, 0.25) is 0 Å². The van der Waals surface area contributed by atoms with Crippen molar-refractivity contribution in [3.63, 3.8) is 0 Å². The van der Waals surface area contributed by atoms with Crippen LogP contribution in [0, 0.1) is 5.41 Å². The van der Waals surface area contributed by atoms with Crippen molar-refractivity contribution in [3.05, 3.63) is 33.8 Å². The van der Waals surface area contributed by atoms with Crippen LogP contribution in [0.2, 0.25) is 10.0 Å². The Bertz CT molecular complexity index is 475. The largest absolute Gasteiger partial charge is 0.296 e. The molecule has 1 aliphatic heterocycles. The molecule has 0 N–H and O–H groups in total. The van der Waals surface area contributed by atoms with Gasteiger partial charge in [-0.05, 0) is 49.5 Å². The number of hydrogen-bond donors (Lipinski definition) is 0. The van der Waals surface area contributed by atoms with E-state index in [0.29, 0.717) is 27.6 Å².